The molecule has 0 spiro atoms. The lowest BCUT2D eigenvalue weighted by Crippen LogP contribution is -2.72. The molecule has 1 saturated heterocycles. The van der Waals surface area contributed by atoms with Gasteiger partial charge in [-0.2, -0.15) is 12.6 Å². The number of hydrogen-bond donors (Lipinski definition) is 3. The van der Waals surface area contributed by atoms with E-state index in [1.807, 2.05) is 36.9 Å². The van der Waals surface area contributed by atoms with Gasteiger partial charge in [0.1, 0.15) is 9.84 Å². The fourth-order valence-corrected chi connectivity index (χ4v) is 4.54. The van der Waals surface area contributed by atoms with E-state index in [0.717, 1.165) is 17.5 Å². The molecule has 3 N–H and O–H groups in total. The molecular weight excluding hydrogens is 382 g/mol. The predicted octanol–water partition coefficient (Wildman–Crippen LogP) is 1.52. The van der Waals surface area contributed by atoms with Gasteiger partial charge in [0.05, 0.1) is 17.5 Å². The minimum absolute atomic E-state index is 0.0145. The number of hydrogen-bond acceptors (Lipinski definition) is 6. The molecular formula is C19H31N3O3S2. The summed E-state index contributed by atoms with van der Waals surface area (Å²) in [5.74, 6) is 0.625. The van der Waals surface area contributed by atoms with Crippen molar-refractivity contribution in [3.63, 3.8) is 0 Å². The van der Waals surface area contributed by atoms with Crippen molar-refractivity contribution >= 4 is 28.4 Å². The zero-order valence-corrected chi connectivity index (χ0v) is 18.1. The Morgan fingerprint density at radius 1 is 1.41 bits per heavy atom. The number of carbonyl (C=O) groups excluding carboxylic acids is 1. The Bertz CT molecular complexity index is 782. The average Bonchev–Trinajstić information content (AvgIpc) is 2.60. The first-order valence-electron chi connectivity index (χ1n) is 9.29. The number of amides is 1. The number of rotatable bonds is 7. The molecule has 0 radical (unpaired) electrons. The Labute approximate surface area is 168 Å². The van der Waals surface area contributed by atoms with E-state index in [0.29, 0.717) is 30.8 Å². The van der Waals surface area contributed by atoms with Crippen LogP contribution in [0, 0.1) is 13.8 Å². The van der Waals surface area contributed by atoms with Crippen LogP contribution in [0.5, 0.6) is 0 Å². The summed E-state index contributed by atoms with van der Waals surface area (Å²) < 4.78 is 23.4. The van der Waals surface area contributed by atoms with Crippen molar-refractivity contribution in [3.05, 3.63) is 34.9 Å². The number of nitrogens with two attached hydrogens (primary N) is 1. The Kier molecular flexibility index (Phi) is 7.35. The van der Waals surface area contributed by atoms with Gasteiger partial charge in [-0.1, -0.05) is 12.1 Å². The fraction of sp³-hybridized carbons (Fsp3) is 0.632. The van der Waals surface area contributed by atoms with E-state index in [9.17, 15) is 13.2 Å². The standard InChI is InChI=1S/C19H31N3O3S2/c1-14-6-4-7-16(15(14)2)18(23)22-11-10-21-19(20,9-13-27(3,24)25)17(22)8-5-12-26/h4,6-7,17,21,26H,5,8-13,20H2,1-3H3/t17?,19-/m0/s1. The number of nitrogens with zero attached hydrogens (tertiary/aromatic N) is 1. The first kappa shape index (κ1) is 22.2. The second-order valence-corrected chi connectivity index (χ2v) is 10.2. The minimum Gasteiger partial charge on any atom is -0.331 e. The molecule has 6 nitrogen and oxygen atoms in total. The molecule has 1 aliphatic rings. The van der Waals surface area contributed by atoms with Gasteiger partial charge in [-0.15, -0.1) is 0 Å². The van der Waals surface area contributed by atoms with Crippen molar-refractivity contribution in [2.24, 2.45) is 5.73 Å². The normalized spacial score (nSPS) is 23.4. The third kappa shape index (κ3) is 5.47. The van der Waals surface area contributed by atoms with E-state index in [1.165, 1.54) is 6.26 Å². The Morgan fingerprint density at radius 2 is 2.11 bits per heavy atom. The number of sulfone groups is 1. The second kappa shape index (κ2) is 8.94. The molecule has 1 fully saturated rings. The second-order valence-electron chi connectivity index (χ2n) is 7.47. The monoisotopic (exact) mass is 413 g/mol. The van der Waals surface area contributed by atoms with Gasteiger partial charge in [-0.3, -0.25) is 10.1 Å². The Hall–Kier alpha value is -1.09. The zero-order chi connectivity index (χ0) is 20.2. The molecule has 0 aliphatic carbocycles. The lowest BCUT2D eigenvalue weighted by Gasteiger charge is -2.49. The molecule has 152 valence electrons. The van der Waals surface area contributed by atoms with E-state index in [4.69, 9.17) is 5.73 Å². The summed E-state index contributed by atoms with van der Waals surface area (Å²) in [4.78, 5) is 15.2. The molecule has 1 aromatic carbocycles. The maximum absolute atomic E-state index is 13.3. The van der Waals surface area contributed by atoms with Crippen molar-refractivity contribution in [2.75, 3.05) is 30.9 Å². The Balaban J connectivity index is 2.34. The molecule has 1 aromatic rings. The van der Waals surface area contributed by atoms with Crippen LogP contribution in [0.2, 0.25) is 0 Å². The number of piperazine rings is 1. The smallest absolute Gasteiger partial charge is 0.254 e. The summed E-state index contributed by atoms with van der Waals surface area (Å²) in [7, 11) is -3.15. The third-order valence-electron chi connectivity index (χ3n) is 5.40. The van der Waals surface area contributed by atoms with Crippen LogP contribution in [0.4, 0.5) is 0 Å². The number of benzene rings is 1. The number of thiol groups is 1. The molecule has 1 heterocycles. The number of carbonyl (C=O) groups is 1. The topological polar surface area (TPSA) is 92.5 Å². The summed E-state index contributed by atoms with van der Waals surface area (Å²) in [6, 6.07) is 5.44. The van der Waals surface area contributed by atoms with Gasteiger partial charge in [-0.25, -0.2) is 8.42 Å². The van der Waals surface area contributed by atoms with Gasteiger partial charge in [0.25, 0.3) is 5.91 Å². The SMILES string of the molecule is Cc1cccc(C(=O)N2CCN[C@@](N)(CCS(C)(=O)=O)C2CCCS)c1C. The van der Waals surface area contributed by atoms with Crippen LogP contribution in [-0.4, -0.2) is 61.8 Å². The van der Waals surface area contributed by atoms with Crippen molar-refractivity contribution in [1.29, 1.82) is 0 Å². The van der Waals surface area contributed by atoms with Crippen LogP contribution in [0.25, 0.3) is 0 Å². The zero-order valence-electron chi connectivity index (χ0n) is 16.4. The van der Waals surface area contributed by atoms with E-state index < -0.39 is 15.5 Å². The van der Waals surface area contributed by atoms with Crippen molar-refractivity contribution in [1.82, 2.24) is 10.2 Å². The molecule has 2 rings (SSSR count). The predicted molar refractivity (Wildman–Crippen MR) is 113 cm³/mol. The van der Waals surface area contributed by atoms with Crippen LogP contribution >= 0.6 is 12.6 Å². The van der Waals surface area contributed by atoms with Gasteiger partial charge in [0, 0.05) is 24.9 Å². The van der Waals surface area contributed by atoms with E-state index >= 15 is 0 Å². The van der Waals surface area contributed by atoms with E-state index in [2.05, 4.69) is 17.9 Å². The van der Waals surface area contributed by atoms with Crippen LogP contribution in [0.1, 0.15) is 40.7 Å². The van der Waals surface area contributed by atoms with Gasteiger partial charge in [0.15, 0.2) is 0 Å². The summed E-state index contributed by atoms with van der Waals surface area (Å²) in [5, 5.41) is 3.28. The Morgan fingerprint density at radius 3 is 2.74 bits per heavy atom. The van der Waals surface area contributed by atoms with Crippen LogP contribution < -0.4 is 11.1 Å². The highest BCUT2D eigenvalue weighted by molar-refractivity contribution is 7.90. The minimum atomic E-state index is -3.15. The summed E-state index contributed by atoms with van der Waals surface area (Å²) in [6.07, 6.45) is 2.94. The largest absolute Gasteiger partial charge is 0.331 e. The van der Waals surface area contributed by atoms with Gasteiger partial charge >= 0.3 is 0 Å². The quantitative estimate of drug-likeness (QED) is 0.590. The molecule has 0 saturated carbocycles. The van der Waals surface area contributed by atoms with E-state index in [1.54, 1.807) is 0 Å². The molecule has 1 aliphatic heterocycles. The molecule has 1 unspecified atom stereocenters. The van der Waals surface area contributed by atoms with Gasteiger partial charge < -0.3 is 10.6 Å². The highest BCUT2D eigenvalue weighted by Gasteiger charge is 2.43. The molecule has 2 atom stereocenters. The first-order chi connectivity index (χ1) is 12.6. The molecule has 0 bridgehead atoms. The number of aryl methyl sites for hydroxylation is 1. The van der Waals surface area contributed by atoms with Crippen molar-refractivity contribution < 1.29 is 13.2 Å². The third-order valence-corrected chi connectivity index (χ3v) is 6.66. The van der Waals surface area contributed by atoms with Gasteiger partial charge in [-0.05, 0) is 56.1 Å². The highest BCUT2D eigenvalue weighted by atomic mass is 32.2. The summed E-state index contributed by atoms with van der Waals surface area (Å²) in [6.45, 7) is 5.02. The van der Waals surface area contributed by atoms with Crippen LogP contribution in [0.3, 0.4) is 0 Å². The molecule has 8 heteroatoms. The van der Waals surface area contributed by atoms with Crippen LogP contribution in [0.15, 0.2) is 18.2 Å². The fourth-order valence-electron chi connectivity index (χ4n) is 3.65. The lowest BCUT2D eigenvalue weighted by atomic mass is 9.89. The maximum atomic E-state index is 13.3. The highest BCUT2D eigenvalue weighted by Crippen LogP contribution is 2.27. The number of nitrogens with one attached hydrogen (secondary N) is 1. The van der Waals surface area contributed by atoms with Crippen LogP contribution in [-0.2, 0) is 9.84 Å². The maximum Gasteiger partial charge on any atom is 0.254 e. The van der Waals surface area contributed by atoms with Crippen molar-refractivity contribution in [3.8, 4) is 0 Å². The molecule has 0 aromatic heterocycles. The average molecular weight is 414 g/mol. The van der Waals surface area contributed by atoms with E-state index in [-0.39, 0.29) is 24.1 Å². The first-order valence-corrected chi connectivity index (χ1v) is 12.0. The molecule has 27 heavy (non-hydrogen) atoms. The van der Waals surface area contributed by atoms with Gasteiger partial charge in [0.2, 0.25) is 0 Å². The lowest BCUT2D eigenvalue weighted by molar-refractivity contribution is 0.0337. The summed E-state index contributed by atoms with van der Waals surface area (Å²) in [5.41, 5.74) is 8.41. The summed E-state index contributed by atoms with van der Waals surface area (Å²) >= 11 is 4.30. The molecule has 1 amide bonds. The van der Waals surface area contributed by atoms with Crippen molar-refractivity contribution in [2.45, 2.75) is 44.8 Å².